The van der Waals surface area contributed by atoms with E-state index in [0.29, 0.717) is 11.6 Å². The number of benzene rings is 1. The SMILES string of the molecule is CC(C)N1CCC(=NNC(=O)[C@H](O)c2ccccc2)CC1. The maximum atomic E-state index is 11.9. The smallest absolute Gasteiger partial charge is 0.273 e. The highest BCUT2D eigenvalue weighted by Gasteiger charge is 2.19. The largest absolute Gasteiger partial charge is 0.378 e. The molecule has 1 heterocycles. The van der Waals surface area contributed by atoms with Gasteiger partial charge in [0.1, 0.15) is 0 Å². The van der Waals surface area contributed by atoms with Crippen LogP contribution in [-0.2, 0) is 4.79 Å². The summed E-state index contributed by atoms with van der Waals surface area (Å²) in [6.45, 7) is 6.29. The van der Waals surface area contributed by atoms with Crippen molar-refractivity contribution in [3.63, 3.8) is 0 Å². The van der Waals surface area contributed by atoms with Crippen molar-refractivity contribution in [2.24, 2.45) is 5.10 Å². The predicted octanol–water partition coefficient (Wildman–Crippen LogP) is 1.70. The van der Waals surface area contributed by atoms with Crippen molar-refractivity contribution >= 4 is 11.6 Å². The fourth-order valence-electron chi connectivity index (χ4n) is 2.39. The molecule has 21 heavy (non-hydrogen) atoms. The normalized spacial score (nSPS) is 17.6. The lowest BCUT2D eigenvalue weighted by Crippen LogP contribution is -2.39. The molecule has 0 saturated carbocycles. The number of hydrogen-bond donors (Lipinski definition) is 2. The van der Waals surface area contributed by atoms with Crippen LogP contribution in [0.2, 0.25) is 0 Å². The van der Waals surface area contributed by atoms with Gasteiger partial charge in [-0.05, 0) is 19.4 Å². The van der Waals surface area contributed by atoms with Crippen LogP contribution in [0.5, 0.6) is 0 Å². The molecule has 1 atom stereocenters. The van der Waals surface area contributed by atoms with Crippen molar-refractivity contribution in [3.8, 4) is 0 Å². The predicted molar refractivity (Wildman–Crippen MR) is 82.9 cm³/mol. The summed E-state index contributed by atoms with van der Waals surface area (Å²) in [5.74, 6) is -0.486. The van der Waals surface area contributed by atoms with E-state index in [9.17, 15) is 9.90 Å². The third kappa shape index (κ3) is 4.37. The van der Waals surface area contributed by atoms with Gasteiger partial charge in [0.15, 0.2) is 6.10 Å². The first-order valence-electron chi connectivity index (χ1n) is 7.40. The second-order valence-electron chi connectivity index (χ2n) is 5.60. The molecule has 1 saturated heterocycles. The molecule has 2 N–H and O–H groups in total. The van der Waals surface area contributed by atoms with Crippen LogP contribution < -0.4 is 5.43 Å². The quantitative estimate of drug-likeness (QED) is 0.829. The molecule has 1 aromatic carbocycles. The van der Waals surface area contributed by atoms with Gasteiger partial charge in [-0.25, -0.2) is 5.43 Å². The molecule has 0 spiro atoms. The second kappa shape index (κ2) is 7.33. The van der Waals surface area contributed by atoms with Gasteiger partial charge >= 0.3 is 0 Å². The van der Waals surface area contributed by atoms with Gasteiger partial charge in [0, 0.05) is 37.7 Å². The number of piperidine rings is 1. The lowest BCUT2D eigenvalue weighted by atomic mass is 10.1. The summed E-state index contributed by atoms with van der Waals surface area (Å²) in [6.07, 6.45) is 0.547. The number of carbonyl (C=O) groups is 1. The number of hydrogen-bond acceptors (Lipinski definition) is 4. The monoisotopic (exact) mass is 289 g/mol. The maximum Gasteiger partial charge on any atom is 0.273 e. The number of rotatable bonds is 4. The third-order valence-electron chi connectivity index (χ3n) is 3.79. The van der Waals surface area contributed by atoms with Crippen molar-refractivity contribution in [1.29, 1.82) is 0 Å². The third-order valence-corrected chi connectivity index (χ3v) is 3.79. The van der Waals surface area contributed by atoms with Crippen molar-refractivity contribution < 1.29 is 9.90 Å². The Labute approximate surface area is 125 Å². The Hall–Kier alpha value is -1.72. The molecule has 0 radical (unpaired) electrons. The van der Waals surface area contributed by atoms with Gasteiger partial charge in [-0.1, -0.05) is 30.3 Å². The van der Waals surface area contributed by atoms with Crippen LogP contribution in [0.1, 0.15) is 38.4 Å². The fraction of sp³-hybridized carbons (Fsp3) is 0.500. The van der Waals surface area contributed by atoms with Gasteiger partial charge in [0.05, 0.1) is 0 Å². The lowest BCUT2D eigenvalue weighted by Gasteiger charge is -2.30. The topological polar surface area (TPSA) is 64.9 Å². The number of nitrogens with one attached hydrogen (secondary N) is 1. The van der Waals surface area contributed by atoms with E-state index < -0.39 is 12.0 Å². The maximum absolute atomic E-state index is 11.9. The summed E-state index contributed by atoms with van der Waals surface area (Å²) in [4.78, 5) is 14.3. The lowest BCUT2D eigenvalue weighted by molar-refractivity contribution is -0.129. The van der Waals surface area contributed by atoms with E-state index in [1.54, 1.807) is 24.3 Å². The van der Waals surface area contributed by atoms with Crippen molar-refractivity contribution in [2.45, 2.75) is 38.8 Å². The molecule has 0 aromatic heterocycles. The van der Waals surface area contributed by atoms with Crippen LogP contribution in [0, 0.1) is 0 Å². The number of likely N-dealkylation sites (tertiary alicyclic amines) is 1. The average Bonchev–Trinajstić information content (AvgIpc) is 2.53. The molecule has 5 heteroatoms. The molecule has 5 nitrogen and oxygen atoms in total. The van der Waals surface area contributed by atoms with Gasteiger partial charge in [0.2, 0.25) is 0 Å². The van der Waals surface area contributed by atoms with Gasteiger partial charge in [-0.15, -0.1) is 0 Å². The van der Waals surface area contributed by atoms with Crippen LogP contribution in [0.3, 0.4) is 0 Å². The summed E-state index contributed by atoms with van der Waals surface area (Å²) in [6, 6.07) is 9.41. The Morgan fingerprint density at radius 1 is 1.24 bits per heavy atom. The van der Waals surface area contributed by atoms with Gasteiger partial charge < -0.3 is 10.0 Å². The van der Waals surface area contributed by atoms with E-state index >= 15 is 0 Å². The van der Waals surface area contributed by atoms with E-state index in [1.165, 1.54) is 0 Å². The Balaban J connectivity index is 1.85. The van der Waals surface area contributed by atoms with E-state index in [1.807, 2.05) is 6.07 Å². The van der Waals surface area contributed by atoms with Crippen molar-refractivity contribution in [2.75, 3.05) is 13.1 Å². The molecule has 1 amide bonds. The highest BCUT2D eigenvalue weighted by molar-refractivity contribution is 5.88. The molecule has 0 unspecified atom stereocenters. The van der Waals surface area contributed by atoms with E-state index in [4.69, 9.17) is 0 Å². The summed E-state index contributed by atoms with van der Waals surface area (Å²) in [7, 11) is 0. The summed E-state index contributed by atoms with van der Waals surface area (Å²) in [5, 5.41) is 14.1. The minimum Gasteiger partial charge on any atom is -0.378 e. The number of aliphatic hydroxyl groups is 1. The molecular weight excluding hydrogens is 266 g/mol. The Morgan fingerprint density at radius 3 is 2.43 bits per heavy atom. The first-order chi connectivity index (χ1) is 10.1. The van der Waals surface area contributed by atoms with Crippen LogP contribution in [0.25, 0.3) is 0 Å². The molecule has 1 fully saturated rings. The van der Waals surface area contributed by atoms with Gasteiger partial charge in [-0.3, -0.25) is 4.79 Å². The molecule has 1 aliphatic heterocycles. The average molecular weight is 289 g/mol. The van der Waals surface area contributed by atoms with E-state index in [2.05, 4.69) is 29.3 Å². The highest BCUT2D eigenvalue weighted by Crippen LogP contribution is 2.13. The van der Waals surface area contributed by atoms with Crippen molar-refractivity contribution in [1.82, 2.24) is 10.3 Å². The first-order valence-corrected chi connectivity index (χ1v) is 7.40. The Bertz CT molecular complexity index is 490. The van der Waals surface area contributed by atoms with Crippen LogP contribution in [0.15, 0.2) is 35.4 Å². The molecule has 114 valence electrons. The van der Waals surface area contributed by atoms with Crippen molar-refractivity contribution in [3.05, 3.63) is 35.9 Å². The molecule has 0 bridgehead atoms. The van der Waals surface area contributed by atoms with Crippen LogP contribution >= 0.6 is 0 Å². The van der Waals surface area contributed by atoms with Gasteiger partial charge in [0.25, 0.3) is 5.91 Å². The molecule has 2 rings (SSSR count). The molecule has 1 aromatic rings. The van der Waals surface area contributed by atoms with E-state index in [-0.39, 0.29) is 0 Å². The molecular formula is C16H23N3O2. The van der Waals surface area contributed by atoms with Crippen LogP contribution in [0.4, 0.5) is 0 Å². The van der Waals surface area contributed by atoms with E-state index in [0.717, 1.165) is 31.6 Å². The summed E-state index contributed by atoms with van der Waals surface area (Å²) < 4.78 is 0. The Morgan fingerprint density at radius 2 is 1.86 bits per heavy atom. The number of aliphatic hydroxyl groups excluding tert-OH is 1. The molecule has 0 aliphatic carbocycles. The summed E-state index contributed by atoms with van der Waals surface area (Å²) in [5.41, 5.74) is 4.04. The fourth-order valence-corrected chi connectivity index (χ4v) is 2.39. The number of hydrazone groups is 1. The minimum absolute atomic E-state index is 0.486. The zero-order chi connectivity index (χ0) is 15.2. The van der Waals surface area contributed by atoms with Crippen LogP contribution in [-0.4, -0.2) is 40.8 Å². The minimum atomic E-state index is -1.17. The Kier molecular flexibility index (Phi) is 5.47. The number of nitrogens with zero attached hydrogens (tertiary/aromatic N) is 2. The first kappa shape index (κ1) is 15.7. The standard InChI is InChI=1S/C16H23N3O2/c1-12(2)19-10-8-14(9-11-19)17-18-16(21)15(20)13-6-4-3-5-7-13/h3-7,12,15,20H,8-11H2,1-2H3,(H,18,21)/t15-/m1/s1. The zero-order valence-electron chi connectivity index (χ0n) is 12.6. The highest BCUT2D eigenvalue weighted by atomic mass is 16.3. The van der Waals surface area contributed by atoms with Gasteiger partial charge in [-0.2, -0.15) is 5.10 Å². The summed E-state index contributed by atoms with van der Waals surface area (Å²) >= 11 is 0. The number of carbonyl (C=O) groups excluding carboxylic acids is 1. The molecule has 1 aliphatic rings. The second-order valence-corrected chi connectivity index (χ2v) is 5.60. The number of amides is 1. The zero-order valence-corrected chi connectivity index (χ0v) is 12.6.